The number of quaternary nitrogens is 2. The highest BCUT2D eigenvalue weighted by atomic mass is 32.2. The van der Waals surface area contributed by atoms with Crippen LogP contribution >= 0.6 is 0 Å². The first-order valence-electron chi connectivity index (χ1n) is 16.0. The molecule has 0 saturated heterocycles. The van der Waals surface area contributed by atoms with Gasteiger partial charge in [-0.3, -0.25) is 4.55 Å². The fourth-order valence-corrected chi connectivity index (χ4v) is 7.77. The van der Waals surface area contributed by atoms with Crippen molar-refractivity contribution in [2.45, 2.75) is 41.6 Å². The molecule has 0 heterocycles. The molecule has 53 heavy (non-hydrogen) atoms. The van der Waals surface area contributed by atoms with Crippen molar-refractivity contribution in [3.8, 4) is 0 Å². The third-order valence-corrected chi connectivity index (χ3v) is 11.2. The van der Waals surface area contributed by atoms with E-state index in [-0.39, 0.29) is 32.6 Å². The second kappa shape index (κ2) is 17.4. The van der Waals surface area contributed by atoms with Crippen LogP contribution in [-0.4, -0.2) is 63.9 Å². The van der Waals surface area contributed by atoms with Gasteiger partial charge in [0, 0.05) is 42.1 Å². The molecule has 0 aromatic heterocycles. The molecule has 1 aliphatic carbocycles. The van der Waals surface area contributed by atoms with Gasteiger partial charge < -0.3 is 26.3 Å². The van der Waals surface area contributed by atoms with Crippen molar-refractivity contribution in [3.05, 3.63) is 149 Å². The molecule has 282 valence electrons. The summed E-state index contributed by atoms with van der Waals surface area (Å²) in [6.07, 6.45) is 7.43. The molecule has 0 spiro atoms. The highest BCUT2D eigenvalue weighted by molar-refractivity contribution is 7.95. The van der Waals surface area contributed by atoms with Crippen molar-refractivity contribution in [1.82, 2.24) is 12.3 Å². The number of hydrogen-bond donors (Lipinski definition) is 4. The molecule has 0 fully saturated rings. The monoisotopic (exact) mass is 782 g/mol. The number of rotatable bonds is 12. The number of benzene rings is 4. The largest absolute Gasteiger partial charge is 0.744 e. The van der Waals surface area contributed by atoms with E-state index in [1.54, 1.807) is 42.5 Å². The molecule has 0 aliphatic heterocycles. The van der Waals surface area contributed by atoms with Gasteiger partial charge in [-0.1, -0.05) is 54.6 Å². The summed E-state index contributed by atoms with van der Waals surface area (Å²) in [4.78, 5) is 1.80. The minimum Gasteiger partial charge on any atom is -0.744 e. The van der Waals surface area contributed by atoms with E-state index in [4.69, 9.17) is 0 Å². The minimum atomic E-state index is -4.83. The van der Waals surface area contributed by atoms with E-state index in [1.165, 1.54) is 24.3 Å². The first-order valence-corrected chi connectivity index (χ1v) is 20.5. The second-order valence-corrected chi connectivity index (χ2v) is 16.4. The molecule has 0 bridgehead atoms. The number of hydrogen-bond acceptors (Lipinski definition) is 7. The zero-order valence-corrected chi connectivity index (χ0v) is 32.5. The summed E-state index contributed by atoms with van der Waals surface area (Å²) in [5, 5.41) is 0. The predicted octanol–water partition coefficient (Wildman–Crippen LogP) is 6.77. The van der Waals surface area contributed by atoms with Crippen molar-refractivity contribution >= 4 is 52.9 Å². The molecule has 15 heteroatoms. The van der Waals surface area contributed by atoms with E-state index in [0.717, 1.165) is 17.0 Å². The Labute approximate surface area is 312 Å². The first kappa shape index (κ1) is 42.7. The lowest BCUT2D eigenvalue weighted by Crippen LogP contribution is -2.22. The Morgan fingerprint density at radius 2 is 1.34 bits per heavy atom. The fourth-order valence-electron chi connectivity index (χ4n) is 5.91. The van der Waals surface area contributed by atoms with Crippen LogP contribution in [0.1, 0.15) is 36.1 Å². The molecule has 4 aromatic rings. The fraction of sp³-hybridized carbons (Fsp3) is 0.158. The van der Waals surface area contributed by atoms with Gasteiger partial charge in [0.15, 0.2) is 12.3 Å². The lowest BCUT2D eigenvalue weighted by molar-refractivity contribution is -0.539. The summed E-state index contributed by atoms with van der Waals surface area (Å²) in [5.74, 6) is 3.36. The summed E-state index contributed by atoms with van der Waals surface area (Å²) >= 11 is 0. The maximum absolute atomic E-state index is 12.4. The van der Waals surface area contributed by atoms with Gasteiger partial charge >= 0.3 is 0 Å². The smallest absolute Gasteiger partial charge is 0.294 e. The Morgan fingerprint density at radius 1 is 0.755 bits per heavy atom. The lowest BCUT2D eigenvalue weighted by Gasteiger charge is -2.24. The maximum Gasteiger partial charge on any atom is 0.294 e. The van der Waals surface area contributed by atoms with Crippen molar-refractivity contribution in [2.75, 3.05) is 18.0 Å². The minimum absolute atomic E-state index is 0. The normalized spacial score (nSPS) is 13.8. The standard InChI is InChI=1S/C38H38N2O8S3.2H3N/c1-4-39(26-28-10-8-12-34(24-28)49(3,41)42)32-20-16-30(17-21-32)38(36-14-6-7-15-37(36)51(46,47)48)31-18-22-33(23-19-31)40(5-2)27-29-11-9-13-35(25-29)50(43,44)45;;/h6-25H,3-5,26-27H2,1-2H3,(H2-,41,42,43,44,45,46,47,48);2*1H3/p+2. The van der Waals surface area contributed by atoms with Gasteiger partial charge in [-0.25, -0.2) is 17.2 Å². The van der Waals surface area contributed by atoms with Crippen LogP contribution in [0.25, 0.3) is 5.57 Å². The van der Waals surface area contributed by atoms with Gasteiger partial charge in [0.2, 0.25) is 0 Å². The Hall–Kier alpha value is -4.71. The molecular formula is C38H46N4O8S3+2. The zero-order chi connectivity index (χ0) is 37.0. The van der Waals surface area contributed by atoms with Gasteiger partial charge in [0.05, 0.1) is 14.7 Å². The Kier molecular flexibility index (Phi) is 14.0. The Balaban J connectivity index is 0.00000378. The summed E-state index contributed by atoms with van der Waals surface area (Å²) < 4.78 is 94.2. The molecule has 1 unspecified atom stereocenters. The highest BCUT2D eigenvalue weighted by Crippen LogP contribution is 2.35. The summed E-state index contributed by atoms with van der Waals surface area (Å²) in [5.41, 5.74) is 5.33. The third-order valence-electron chi connectivity index (χ3n) is 8.44. The predicted molar refractivity (Wildman–Crippen MR) is 212 cm³/mol. The van der Waals surface area contributed by atoms with E-state index < -0.39 is 30.0 Å². The van der Waals surface area contributed by atoms with Gasteiger partial charge in [-0.05, 0) is 96.6 Å². The second-order valence-electron chi connectivity index (χ2n) is 11.9. The molecule has 5 rings (SSSR count). The highest BCUT2D eigenvalue weighted by Gasteiger charge is 2.20. The summed E-state index contributed by atoms with van der Waals surface area (Å²) in [6.45, 7) is 5.98. The number of allylic oxidation sites excluding steroid dienone is 5. The van der Waals surface area contributed by atoms with Gasteiger partial charge in [-0.2, -0.15) is 8.42 Å². The van der Waals surface area contributed by atoms with Crippen LogP contribution in [-0.2, 0) is 43.1 Å². The third kappa shape index (κ3) is 10.5. The van der Waals surface area contributed by atoms with Crippen LogP contribution in [0.3, 0.4) is 0 Å². The summed E-state index contributed by atoms with van der Waals surface area (Å²) in [6, 6.07) is 26.5. The molecule has 4 aromatic carbocycles. The van der Waals surface area contributed by atoms with Crippen LogP contribution < -0.4 is 17.2 Å². The van der Waals surface area contributed by atoms with Gasteiger partial charge in [-0.15, -0.1) is 0 Å². The SMILES string of the molecule is C=S(=O)(O)c1cccc(CN(CC)c2ccc(C(=C3C=CC(=[N+](CC)Cc4cccc(S(=O)(=O)O)c4)C=C3)c3ccccc3S(=O)(=O)[O-])cc2)c1.[NH4+].[NH4+]. The molecule has 1 aliphatic rings. The molecule has 0 amide bonds. The van der Waals surface area contributed by atoms with Crippen LogP contribution in [0, 0.1) is 0 Å². The van der Waals surface area contributed by atoms with Crippen molar-refractivity contribution in [1.29, 1.82) is 0 Å². The lowest BCUT2D eigenvalue weighted by atomic mass is 9.90. The van der Waals surface area contributed by atoms with Crippen LogP contribution in [0.15, 0.2) is 142 Å². The van der Waals surface area contributed by atoms with E-state index in [1.807, 2.05) is 73.1 Å². The summed E-state index contributed by atoms with van der Waals surface area (Å²) in [7, 11) is -12.5. The number of nitrogens with zero attached hydrogens (tertiary/aromatic N) is 2. The molecule has 0 radical (unpaired) electrons. The molecule has 12 nitrogen and oxygen atoms in total. The van der Waals surface area contributed by atoms with Crippen LogP contribution in [0.4, 0.5) is 5.69 Å². The number of anilines is 1. The van der Waals surface area contributed by atoms with Crippen LogP contribution in [0.5, 0.6) is 0 Å². The Morgan fingerprint density at radius 3 is 1.91 bits per heavy atom. The molecule has 1 atom stereocenters. The van der Waals surface area contributed by atoms with Gasteiger partial charge in [0.1, 0.15) is 26.5 Å². The average Bonchev–Trinajstić information content (AvgIpc) is 3.10. The molecule has 10 N–H and O–H groups in total. The quantitative estimate of drug-likeness (QED) is 0.0675. The van der Waals surface area contributed by atoms with E-state index in [9.17, 15) is 34.7 Å². The first-order chi connectivity index (χ1) is 24.1. The van der Waals surface area contributed by atoms with Gasteiger partial charge in [0.25, 0.3) is 10.1 Å². The zero-order valence-electron chi connectivity index (χ0n) is 30.0. The van der Waals surface area contributed by atoms with E-state index in [2.05, 4.69) is 10.8 Å². The average molecular weight is 783 g/mol. The van der Waals surface area contributed by atoms with E-state index in [0.29, 0.717) is 48.5 Å². The topological polar surface area (TPSA) is 228 Å². The maximum atomic E-state index is 12.4. The van der Waals surface area contributed by atoms with E-state index >= 15 is 0 Å². The Bertz CT molecular complexity index is 2400. The molecule has 0 saturated carbocycles. The van der Waals surface area contributed by atoms with Crippen molar-refractivity contribution in [2.24, 2.45) is 0 Å². The van der Waals surface area contributed by atoms with Crippen molar-refractivity contribution < 1.29 is 39.3 Å². The van der Waals surface area contributed by atoms with Crippen LogP contribution in [0.2, 0.25) is 0 Å². The van der Waals surface area contributed by atoms with Crippen molar-refractivity contribution in [3.63, 3.8) is 0 Å². The molecular weight excluding hydrogens is 737 g/mol.